The third-order valence-corrected chi connectivity index (χ3v) is 14.8. The van der Waals surface area contributed by atoms with Gasteiger partial charge in [0.1, 0.15) is 0 Å². The molecule has 2 unspecified atom stereocenters. The Morgan fingerprint density at radius 2 is 0.685 bits per heavy atom. The maximum Gasteiger partial charge on any atom is 0.305 e. The van der Waals surface area contributed by atoms with Crippen molar-refractivity contribution in [2.75, 3.05) is 13.2 Å². The Bertz CT molecular complexity index is 1230. The van der Waals surface area contributed by atoms with Crippen molar-refractivity contribution in [1.29, 1.82) is 0 Å². The van der Waals surface area contributed by atoms with E-state index in [4.69, 9.17) is 4.74 Å². The van der Waals surface area contributed by atoms with Crippen molar-refractivity contribution >= 4 is 11.9 Å². The van der Waals surface area contributed by atoms with Crippen LogP contribution in [-0.4, -0.2) is 47.4 Å². The second-order valence-electron chi connectivity index (χ2n) is 22.1. The Kier molecular flexibility index (Phi) is 60.5. The van der Waals surface area contributed by atoms with Crippen molar-refractivity contribution in [1.82, 2.24) is 5.32 Å². The zero-order chi connectivity index (χ0) is 52.9. The number of ether oxygens (including phenoxy) is 1. The van der Waals surface area contributed by atoms with Gasteiger partial charge in [-0.1, -0.05) is 300 Å². The minimum absolute atomic E-state index is 0.0451. The van der Waals surface area contributed by atoms with Gasteiger partial charge in [0.2, 0.25) is 5.91 Å². The fourth-order valence-corrected chi connectivity index (χ4v) is 9.88. The van der Waals surface area contributed by atoms with Gasteiger partial charge in [-0.25, -0.2) is 0 Å². The molecule has 0 aromatic heterocycles. The molecule has 0 bridgehead atoms. The molecule has 0 aliphatic carbocycles. The van der Waals surface area contributed by atoms with Crippen molar-refractivity contribution in [3.05, 3.63) is 48.6 Å². The number of carbonyl (C=O) groups excluding carboxylic acids is 2. The van der Waals surface area contributed by atoms with Gasteiger partial charge in [-0.15, -0.1) is 0 Å². The SMILES string of the molecule is CCCCCC/C=C\CCCCCCCC(=O)OCC/C=C\C/C=C\CCCCCCCCCCCCCCCCC(=O)NC(CO)C(O)/C=C/CCCCCCCCCCCCCCCCCCCCCC. The van der Waals surface area contributed by atoms with E-state index in [0.717, 1.165) is 51.4 Å². The quantitative estimate of drug-likeness (QED) is 0.0320. The summed E-state index contributed by atoms with van der Waals surface area (Å²) in [6.07, 6.45) is 80.3. The number of allylic oxidation sites excluding steroid dienone is 6. The van der Waals surface area contributed by atoms with Crippen LogP contribution in [0.4, 0.5) is 0 Å². The molecule has 3 N–H and O–H groups in total. The Morgan fingerprint density at radius 3 is 1.07 bits per heavy atom. The first-order valence-electron chi connectivity index (χ1n) is 32.4. The topological polar surface area (TPSA) is 95.9 Å². The molecule has 0 saturated heterocycles. The number of hydrogen-bond acceptors (Lipinski definition) is 5. The number of nitrogens with one attached hydrogen (secondary N) is 1. The van der Waals surface area contributed by atoms with Crippen LogP contribution in [0.1, 0.15) is 341 Å². The molecule has 428 valence electrons. The van der Waals surface area contributed by atoms with Crippen molar-refractivity contribution in [2.45, 2.75) is 353 Å². The van der Waals surface area contributed by atoms with Crippen molar-refractivity contribution in [3.8, 4) is 0 Å². The third-order valence-electron chi connectivity index (χ3n) is 14.8. The lowest BCUT2D eigenvalue weighted by molar-refractivity contribution is -0.143. The summed E-state index contributed by atoms with van der Waals surface area (Å²) in [7, 11) is 0. The summed E-state index contributed by atoms with van der Waals surface area (Å²) in [6, 6.07) is -0.634. The first-order chi connectivity index (χ1) is 36.0. The molecule has 0 aliphatic rings. The normalized spacial score (nSPS) is 12.9. The Balaban J connectivity index is 3.49. The lowest BCUT2D eigenvalue weighted by atomic mass is 10.0. The second-order valence-corrected chi connectivity index (χ2v) is 22.1. The number of amides is 1. The highest BCUT2D eigenvalue weighted by atomic mass is 16.5. The lowest BCUT2D eigenvalue weighted by Crippen LogP contribution is -2.45. The summed E-state index contributed by atoms with van der Waals surface area (Å²) in [5, 5.41) is 23.2. The van der Waals surface area contributed by atoms with Gasteiger partial charge in [0, 0.05) is 12.8 Å². The summed E-state index contributed by atoms with van der Waals surface area (Å²) in [5.41, 5.74) is 0. The number of esters is 1. The molecular weight excluding hydrogens is 899 g/mol. The van der Waals surface area contributed by atoms with Gasteiger partial charge in [0.25, 0.3) is 0 Å². The molecule has 0 spiro atoms. The average Bonchev–Trinajstić information content (AvgIpc) is 3.39. The summed E-state index contributed by atoms with van der Waals surface area (Å²) < 4.78 is 5.41. The molecule has 0 saturated carbocycles. The van der Waals surface area contributed by atoms with Gasteiger partial charge in [-0.05, 0) is 77.0 Å². The molecule has 0 aromatic rings. The van der Waals surface area contributed by atoms with E-state index in [1.165, 1.54) is 263 Å². The van der Waals surface area contributed by atoms with Crippen LogP contribution < -0.4 is 5.32 Å². The fourth-order valence-electron chi connectivity index (χ4n) is 9.88. The summed E-state index contributed by atoms with van der Waals surface area (Å²) in [4.78, 5) is 24.5. The molecule has 0 fully saturated rings. The van der Waals surface area contributed by atoms with Crippen molar-refractivity contribution < 1.29 is 24.5 Å². The summed E-state index contributed by atoms with van der Waals surface area (Å²) >= 11 is 0. The molecule has 6 heteroatoms. The number of aliphatic hydroxyl groups excluding tert-OH is 2. The highest BCUT2D eigenvalue weighted by Crippen LogP contribution is 2.17. The number of rotatable bonds is 60. The molecular formula is C67H125NO5. The van der Waals surface area contributed by atoms with Gasteiger partial charge < -0.3 is 20.3 Å². The lowest BCUT2D eigenvalue weighted by Gasteiger charge is -2.20. The zero-order valence-corrected chi connectivity index (χ0v) is 48.9. The van der Waals surface area contributed by atoms with E-state index in [2.05, 4.69) is 55.6 Å². The maximum atomic E-state index is 12.5. The summed E-state index contributed by atoms with van der Waals surface area (Å²) in [5.74, 6) is -0.115. The predicted octanol–water partition coefficient (Wildman–Crippen LogP) is 20.5. The number of aliphatic hydroxyl groups is 2. The van der Waals surface area contributed by atoms with Crippen LogP contribution in [0, 0.1) is 0 Å². The molecule has 6 nitrogen and oxygen atoms in total. The van der Waals surface area contributed by atoms with E-state index in [1.807, 2.05) is 6.08 Å². The smallest absolute Gasteiger partial charge is 0.305 e. The van der Waals surface area contributed by atoms with Crippen molar-refractivity contribution in [3.63, 3.8) is 0 Å². The average molecular weight is 1020 g/mol. The molecule has 1 amide bonds. The van der Waals surface area contributed by atoms with Crippen LogP contribution in [0.2, 0.25) is 0 Å². The molecule has 0 aliphatic heterocycles. The first-order valence-corrected chi connectivity index (χ1v) is 32.4. The van der Waals surface area contributed by atoms with Crippen LogP contribution in [0.15, 0.2) is 48.6 Å². The molecule has 73 heavy (non-hydrogen) atoms. The molecule has 0 radical (unpaired) electrons. The van der Waals surface area contributed by atoms with Gasteiger partial charge >= 0.3 is 5.97 Å². The van der Waals surface area contributed by atoms with E-state index >= 15 is 0 Å². The van der Waals surface area contributed by atoms with Crippen LogP contribution in [0.5, 0.6) is 0 Å². The minimum Gasteiger partial charge on any atom is -0.465 e. The monoisotopic (exact) mass is 1020 g/mol. The molecule has 0 heterocycles. The highest BCUT2D eigenvalue weighted by Gasteiger charge is 2.18. The van der Waals surface area contributed by atoms with Gasteiger partial charge in [-0.3, -0.25) is 9.59 Å². The van der Waals surface area contributed by atoms with E-state index in [9.17, 15) is 19.8 Å². The first kappa shape index (κ1) is 70.8. The van der Waals surface area contributed by atoms with E-state index in [0.29, 0.717) is 19.4 Å². The highest BCUT2D eigenvalue weighted by molar-refractivity contribution is 5.76. The van der Waals surface area contributed by atoms with E-state index in [1.54, 1.807) is 6.08 Å². The largest absolute Gasteiger partial charge is 0.465 e. The van der Waals surface area contributed by atoms with Gasteiger partial charge in [0.05, 0.1) is 25.4 Å². The predicted molar refractivity (Wildman–Crippen MR) is 319 cm³/mol. The van der Waals surface area contributed by atoms with Gasteiger partial charge in [0.15, 0.2) is 0 Å². The van der Waals surface area contributed by atoms with Crippen LogP contribution in [0.3, 0.4) is 0 Å². The van der Waals surface area contributed by atoms with Gasteiger partial charge in [-0.2, -0.15) is 0 Å². The maximum absolute atomic E-state index is 12.5. The number of unbranched alkanes of at least 4 members (excludes halogenated alkanes) is 43. The third kappa shape index (κ3) is 58.9. The zero-order valence-electron chi connectivity index (χ0n) is 48.9. The summed E-state index contributed by atoms with van der Waals surface area (Å²) in [6.45, 7) is 4.79. The van der Waals surface area contributed by atoms with E-state index in [-0.39, 0.29) is 18.5 Å². The molecule has 0 aromatic carbocycles. The second kappa shape index (κ2) is 62.4. The minimum atomic E-state index is -0.850. The number of carbonyl (C=O) groups is 2. The van der Waals surface area contributed by atoms with Crippen LogP contribution in [-0.2, 0) is 14.3 Å². The van der Waals surface area contributed by atoms with Crippen molar-refractivity contribution in [2.24, 2.45) is 0 Å². The fraction of sp³-hybridized carbons (Fsp3) is 0.851. The van der Waals surface area contributed by atoms with Crippen LogP contribution >= 0.6 is 0 Å². The number of hydrogen-bond donors (Lipinski definition) is 3. The standard InChI is InChI=1S/C67H125NO5/c1-3-5-7-9-11-13-15-17-18-19-20-21-23-26-29-32-36-39-43-47-51-55-59-65(70)64(63-69)68-66(71)60-56-52-48-44-40-37-33-30-27-24-22-25-28-31-34-38-42-46-50-54-58-62-73-67(72)61-57-53-49-45-41-35-16-14-12-10-8-6-4-2/h14,16,38,42,50,54-55,59,64-65,69-70H,3-13,15,17-37,39-41,43-49,51-53,56-58,60-63H2,1-2H3,(H,68,71)/b16-14-,42-38-,54-50-,59-55+. The Morgan fingerprint density at radius 1 is 0.384 bits per heavy atom. The van der Waals surface area contributed by atoms with Crippen LogP contribution in [0.25, 0.3) is 0 Å². The molecule has 2 atom stereocenters. The Hall–Kier alpha value is -2.18. The van der Waals surface area contributed by atoms with E-state index < -0.39 is 12.1 Å². The Labute approximate surface area is 455 Å². The molecule has 0 rings (SSSR count).